The van der Waals surface area contributed by atoms with Crippen LogP contribution in [0.5, 0.6) is 0 Å². The predicted octanol–water partition coefficient (Wildman–Crippen LogP) is 2.35. The van der Waals surface area contributed by atoms with E-state index in [4.69, 9.17) is 16.3 Å². The minimum Gasteiger partial charge on any atom is -0.382 e. The van der Waals surface area contributed by atoms with Crippen molar-refractivity contribution in [2.45, 2.75) is 12.0 Å². The predicted molar refractivity (Wildman–Crippen MR) is 84.8 cm³/mol. The Hall–Kier alpha value is -0.490. The Morgan fingerprint density at radius 2 is 2.30 bits per heavy atom. The first-order valence-electron chi connectivity index (χ1n) is 7.04. The van der Waals surface area contributed by atoms with E-state index < -0.39 is 0 Å². The molecule has 0 aliphatic carbocycles. The van der Waals surface area contributed by atoms with Crippen LogP contribution in [0.3, 0.4) is 0 Å². The van der Waals surface area contributed by atoms with Crippen molar-refractivity contribution < 1.29 is 4.74 Å². The van der Waals surface area contributed by atoms with Crippen molar-refractivity contribution in [2.75, 3.05) is 49.7 Å². The Kier molecular flexibility index (Phi) is 4.71. The van der Waals surface area contributed by atoms with Crippen LogP contribution < -0.4 is 5.32 Å². The molecule has 2 aliphatic heterocycles. The quantitative estimate of drug-likeness (QED) is 0.923. The highest BCUT2D eigenvalue weighted by Crippen LogP contribution is 2.34. The summed E-state index contributed by atoms with van der Waals surface area (Å²) in [6.07, 6.45) is 4.70. The van der Waals surface area contributed by atoms with E-state index in [0.29, 0.717) is 5.02 Å². The molecule has 0 saturated carbocycles. The maximum absolute atomic E-state index is 6.18. The average molecular weight is 314 g/mol. The number of ether oxygens (including phenoxy) is 1. The van der Waals surface area contributed by atoms with Crippen LogP contribution in [0.15, 0.2) is 18.5 Å². The fraction of sp³-hybridized carbons (Fsp3) is 0.643. The number of halogens is 1. The maximum Gasteiger partial charge on any atom is 0.0820 e. The largest absolute Gasteiger partial charge is 0.382 e. The Bertz CT molecular complexity index is 448. The number of thioether (sulfide) groups is 1. The van der Waals surface area contributed by atoms with Gasteiger partial charge in [-0.25, -0.2) is 0 Å². The fourth-order valence-corrected chi connectivity index (χ4v) is 4.58. The van der Waals surface area contributed by atoms with Gasteiger partial charge in [0.2, 0.25) is 0 Å². The molecule has 110 valence electrons. The standard InChI is InChI=1S/C14H20ClN3OS/c15-12-9-16-3-1-13(12)17-10-14(2-8-20-11-14)18-4-6-19-7-5-18/h1,3,9H,2,4-8,10-11H2,(H,16,17). The highest BCUT2D eigenvalue weighted by molar-refractivity contribution is 7.99. The second kappa shape index (κ2) is 6.52. The van der Waals surface area contributed by atoms with Gasteiger partial charge in [0.25, 0.3) is 0 Å². The van der Waals surface area contributed by atoms with Gasteiger partial charge in [0.05, 0.1) is 23.9 Å². The summed E-state index contributed by atoms with van der Waals surface area (Å²) >= 11 is 8.22. The second-order valence-electron chi connectivity index (χ2n) is 5.34. The number of morpholine rings is 1. The molecule has 0 radical (unpaired) electrons. The van der Waals surface area contributed by atoms with Crippen LogP contribution in [0.2, 0.25) is 5.02 Å². The minimum absolute atomic E-state index is 0.237. The van der Waals surface area contributed by atoms with E-state index in [1.165, 1.54) is 17.9 Å². The van der Waals surface area contributed by atoms with Gasteiger partial charge in [-0.15, -0.1) is 0 Å². The molecule has 3 rings (SSSR count). The molecule has 0 amide bonds. The van der Waals surface area contributed by atoms with Gasteiger partial charge in [-0.05, 0) is 18.2 Å². The molecule has 1 aromatic rings. The summed E-state index contributed by atoms with van der Waals surface area (Å²) < 4.78 is 5.49. The topological polar surface area (TPSA) is 37.4 Å². The van der Waals surface area contributed by atoms with Gasteiger partial charge in [0, 0.05) is 43.3 Å². The Morgan fingerprint density at radius 1 is 1.45 bits per heavy atom. The lowest BCUT2D eigenvalue weighted by Crippen LogP contribution is -2.57. The number of hydrogen-bond acceptors (Lipinski definition) is 5. The lowest BCUT2D eigenvalue weighted by Gasteiger charge is -2.43. The molecular weight excluding hydrogens is 294 g/mol. The molecular formula is C14H20ClN3OS. The summed E-state index contributed by atoms with van der Waals surface area (Å²) in [7, 11) is 0. The van der Waals surface area contributed by atoms with Crippen LogP contribution in [0.1, 0.15) is 6.42 Å². The average Bonchev–Trinajstić information content (AvgIpc) is 2.98. The fourth-order valence-electron chi connectivity index (χ4n) is 2.91. The molecule has 2 fully saturated rings. The highest BCUT2D eigenvalue weighted by atomic mass is 35.5. The van der Waals surface area contributed by atoms with E-state index in [2.05, 4.69) is 15.2 Å². The molecule has 1 unspecified atom stereocenters. The zero-order valence-electron chi connectivity index (χ0n) is 11.5. The number of hydrogen-bond donors (Lipinski definition) is 1. The van der Waals surface area contributed by atoms with E-state index in [1.54, 1.807) is 12.4 Å². The normalized spacial score (nSPS) is 27.6. The Labute approximate surface area is 129 Å². The van der Waals surface area contributed by atoms with Gasteiger partial charge in [-0.3, -0.25) is 9.88 Å². The lowest BCUT2D eigenvalue weighted by atomic mass is 9.95. The summed E-state index contributed by atoms with van der Waals surface area (Å²) in [5.41, 5.74) is 1.22. The first kappa shape index (κ1) is 14.4. The lowest BCUT2D eigenvalue weighted by molar-refractivity contribution is -0.00920. The third-order valence-corrected chi connectivity index (χ3v) is 5.68. The van der Waals surface area contributed by atoms with Crippen LogP contribution >= 0.6 is 23.4 Å². The number of nitrogens with one attached hydrogen (secondary N) is 1. The summed E-state index contributed by atoms with van der Waals surface area (Å²) in [6.45, 7) is 4.70. The van der Waals surface area contributed by atoms with Crippen LogP contribution in [0, 0.1) is 0 Å². The number of pyridine rings is 1. The van der Waals surface area contributed by atoms with Crippen LogP contribution in [-0.2, 0) is 4.74 Å². The monoisotopic (exact) mass is 313 g/mol. The molecule has 1 atom stereocenters. The first-order valence-corrected chi connectivity index (χ1v) is 8.57. The third-order valence-electron chi connectivity index (χ3n) is 4.14. The number of rotatable bonds is 4. The van der Waals surface area contributed by atoms with E-state index in [9.17, 15) is 0 Å². The smallest absolute Gasteiger partial charge is 0.0820 e. The molecule has 0 bridgehead atoms. The van der Waals surface area contributed by atoms with Gasteiger partial charge in [0.1, 0.15) is 0 Å². The van der Waals surface area contributed by atoms with Crippen LogP contribution in [-0.4, -0.2) is 59.8 Å². The van der Waals surface area contributed by atoms with E-state index in [1.807, 2.05) is 17.8 Å². The molecule has 1 N–H and O–H groups in total. The summed E-state index contributed by atoms with van der Waals surface area (Å²) in [4.78, 5) is 6.62. The maximum atomic E-state index is 6.18. The van der Waals surface area contributed by atoms with Crippen molar-refractivity contribution in [3.63, 3.8) is 0 Å². The van der Waals surface area contributed by atoms with Crippen molar-refractivity contribution in [3.05, 3.63) is 23.5 Å². The third kappa shape index (κ3) is 3.06. The van der Waals surface area contributed by atoms with E-state index >= 15 is 0 Å². The molecule has 20 heavy (non-hydrogen) atoms. The Balaban J connectivity index is 1.69. The van der Waals surface area contributed by atoms with Gasteiger partial charge in [-0.2, -0.15) is 11.8 Å². The molecule has 0 spiro atoms. The van der Waals surface area contributed by atoms with Crippen molar-refractivity contribution in [1.82, 2.24) is 9.88 Å². The van der Waals surface area contributed by atoms with Crippen molar-refractivity contribution >= 4 is 29.1 Å². The van der Waals surface area contributed by atoms with Gasteiger partial charge in [0.15, 0.2) is 0 Å². The summed E-state index contributed by atoms with van der Waals surface area (Å²) in [6, 6.07) is 1.94. The van der Waals surface area contributed by atoms with Crippen molar-refractivity contribution in [1.29, 1.82) is 0 Å². The molecule has 3 heterocycles. The highest BCUT2D eigenvalue weighted by Gasteiger charge is 2.40. The summed E-state index contributed by atoms with van der Waals surface area (Å²) in [5, 5.41) is 4.22. The molecule has 2 aliphatic rings. The number of aromatic nitrogens is 1. The SMILES string of the molecule is Clc1cnccc1NCC1(N2CCOCC2)CCSC1. The molecule has 2 saturated heterocycles. The molecule has 4 nitrogen and oxygen atoms in total. The van der Waals surface area contributed by atoms with Crippen LogP contribution in [0.25, 0.3) is 0 Å². The van der Waals surface area contributed by atoms with Gasteiger partial charge >= 0.3 is 0 Å². The Morgan fingerprint density at radius 3 is 3.00 bits per heavy atom. The minimum atomic E-state index is 0.237. The second-order valence-corrected chi connectivity index (χ2v) is 6.85. The van der Waals surface area contributed by atoms with E-state index in [-0.39, 0.29) is 5.54 Å². The van der Waals surface area contributed by atoms with Crippen LogP contribution in [0.4, 0.5) is 5.69 Å². The van der Waals surface area contributed by atoms with Gasteiger partial charge < -0.3 is 10.1 Å². The first-order chi connectivity index (χ1) is 9.80. The molecule has 0 aromatic carbocycles. The zero-order valence-corrected chi connectivity index (χ0v) is 13.1. The van der Waals surface area contributed by atoms with Gasteiger partial charge in [-0.1, -0.05) is 11.6 Å². The molecule has 1 aromatic heterocycles. The van der Waals surface area contributed by atoms with Crippen molar-refractivity contribution in [2.24, 2.45) is 0 Å². The van der Waals surface area contributed by atoms with E-state index in [0.717, 1.165) is 38.5 Å². The van der Waals surface area contributed by atoms with Crippen molar-refractivity contribution in [3.8, 4) is 0 Å². The molecule has 6 heteroatoms. The number of anilines is 1. The number of nitrogens with zero attached hydrogens (tertiary/aromatic N) is 2. The summed E-state index contributed by atoms with van der Waals surface area (Å²) in [5.74, 6) is 2.42. The zero-order chi connectivity index (χ0) is 13.8.